The van der Waals surface area contributed by atoms with E-state index in [9.17, 15) is 19.2 Å². The lowest BCUT2D eigenvalue weighted by Crippen LogP contribution is -2.37. The molecule has 1 amide bonds. The number of amidine groups is 1. The van der Waals surface area contributed by atoms with Gasteiger partial charge >= 0.3 is 0 Å². The van der Waals surface area contributed by atoms with E-state index in [1.54, 1.807) is 0 Å². The third kappa shape index (κ3) is 5.48. The van der Waals surface area contributed by atoms with Crippen LogP contribution in [0.15, 0.2) is 58.0 Å². The number of ketones is 1. The van der Waals surface area contributed by atoms with Gasteiger partial charge in [-0.05, 0) is 71.9 Å². The lowest BCUT2D eigenvalue weighted by molar-refractivity contribution is -0.123. The lowest BCUT2D eigenvalue weighted by Gasteiger charge is -2.27. The molecule has 1 aliphatic rings. The van der Waals surface area contributed by atoms with Crippen LogP contribution in [0.2, 0.25) is 0 Å². The highest BCUT2D eigenvalue weighted by atomic mass is 79.9. The summed E-state index contributed by atoms with van der Waals surface area (Å²) in [5, 5.41) is 12.3. The van der Waals surface area contributed by atoms with Crippen LogP contribution in [0, 0.1) is 17.7 Å². The van der Waals surface area contributed by atoms with Crippen molar-refractivity contribution < 1.29 is 19.2 Å². The molecule has 2 aromatic carbocycles. The van der Waals surface area contributed by atoms with E-state index in [4.69, 9.17) is 0 Å². The number of anilines is 1. The number of Topliss-reactive ketones (excluding diaryl/α,β-unsaturated/α-hetero) is 1. The van der Waals surface area contributed by atoms with Crippen LogP contribution in [0.25, 0.3) is 0 Å². The minimum absolute atomic E-state index is 0.0487. The molecule has 29 heavy (non-hydrogen) atoms. The van der Waals surface area contributed by atoms with Crippen molar-refractivity contribution in [3.8, 4) is 0 Å². The van der Waals surface area contributed by atoms with Gasteiger partial charge in [-0.1, -0.05) is 18.2 Å². The second-order valence-corrected chi connectivity index (χ2v) is 7.79. The first-order valence-electron chi connectivity index (χ1n) is 9.32. The van der Waals surface area contributed by atoms with Crippen LogP contribution in [0.4, 0.5) is 15.8 Å². The zero-order valence-corrected chi connectivity index (χ0v) is 17.2. The van der Waals surface area contributed by atoms with Crippen LogP contribution in [0.1, 0.15) is 25.7 Å². The van der Waals surface area contributed by atoms with Crippen molar-refractivity contribution in [1.29, 1.82) is 0 Å². The predicted molar refractivity (Wildman–Crippen MR) is 112 cm³/mol. The first kappa shape index (κ1) is 21.1. The van der Waals surface area contributed by atoms with Gasteiger partial charge in [0.1, 0.15) is 5.82 Å². The average molecular weight is 462 g/mol. The van der Waals surface area contributed by atoms with Crippen molar-refractivity contribution in [1.82, 2.24) is 5.48 Å². The maximum absolute atomic E-state index is 13.3. The number of para-hydroxylation sites is 1. The van der Waals surface area contributed by atoms with Gasteiger partial charge in [-0.15, -0.1) is 0 Å². The summed E-state index contributed by atoms with van der Waals surface area (Å²) in [6.07, 6.45) is 2.21. The van der Waals surface area contributed by atoms with E-state index >= 15 is 0 Å². The normalized spacial score (nSPS) is 19.5. The van der Waals surface area contributed by atoms with Crippen LogP contribution < -0.4 is 10.8 Å². The topological polar surface area (TPSA) is 90.8 Å². The molecule has 0 heterocycles. The highest BCUT2D eigenvalue weighted by molar-refractivity contribution is 9.10. The van der Waals surface area contributed by atoms with Gasteiger partial charge < -0.3 is 5.32 Å². The van der Waals surface area contributed by atoms with E-state index in [1.165, 1.54) is 18.2 Å². The van der Waals surface area contributed by atoms with Crippen LogP contribution in [-0.4, -0.2) is 22.7 Å². The van der Waals surface area contributed by atoms with E-state index < -0.39 is 5.82 Å². The van der Waals surface area contributed by atoms with Crippen molar-refractivity contribution in [2.24, 2.45) is 16.8 Å². The molecule has 1 fully saturated rings. The Morgan fingerprint density at radius 1 is 1.03 bits per heavy atom. The van der Waals surface area contributed by atoms with Gasteiger partial charge in [0.15, 0.2) is 5.84 Å². The first-order chi connectivity index (χ1) is 14.0. The number of aliphatic imine (C=N–C) groups is 1. The Labute approximate surface area is 176 Å². The summed E-state index contributed by atoms with van der Waals surface area (Å²) < 4.78 is 13.6. The molecule has 8 heteroatoms. The number of rotatable bonds is 5. The number of amides is 1. The standard InChI is InChI=1S/C21H21BrFN3O3/c22-17-12-16(10-11-18(17)23)24-20(26-29)19(27)13-6-8-14(9-7-13)21(28)25-15-4-2-1-3-5-15/h1-5,10-14,29H,6-9H2,(H,24,26)(H,25,28). The molecule has 0 spiro atoms. The Balaban J connectivity index is 1.60. The number of carbonyl (C=O) groups is 2. The number of benzene rings is 2. The van der Waals surface area contributed by atoms with E-state index in [0.29, 0.717) is 31.4 Å². The monoisotopic (exact) mass is 461 g/mol. The SMILES string of the molecule is O=C(Nc1ccccc1)C1CCC(C(=O)C(=Nc2ccc(F)c(Br)c2)NO)CC1. The Kier molecular flexibility index (Phi) is 7.11. The molecule has 0 saturated heterocycles. The lowest BCUT2D eigenvalue weighted by atomic mass is 9.79. The highest BCUT2D eigenvalue weighted by Gasteiger charge is 2.32. The fourth-order valence-corrected chi connectivity index (χ4v) is 3.76. The summed E-state index contributed by atoms with van der Waals surface area (Å²) >= 11 is 3.07. The van der Waals surface area contributed by atoms with Gasteiger partial charge in [-0.3, -0.25) is 14.8 Å². The summed E-state index contributed by atoms with van der Waals surface area (Å²) in [7, 11) is 0. The number of halogens is 2. The summed E-state index contributed by atoms with van der Waals surface area (Å²) in [6.45, 7) is 0. The molecule has 1 saturated carbocycles. The Bertz CT molecular complexity index is 913. The maximum Gasteiger partial charge on any atom is 0.227 e. The van der Waals surface area contributed by atoms with Gasteiger partial charge in [0.2, 0.25) is 11.7 Å². The molecule has 0 atom stereocenters. The van der Waals surface area contributed by atoms with Crippen LogP contribution in [0.5, 0.6) is 0 Å². The van der Waals surface area contributed by atoms with E-state index in [2.05, 4.69) is 26.2 Å². The number of hydrogen-bond donors (Lipinski definition) is 3. The van der Waals surface area contributed by atoms with Crippen molar-refractivity contribution in [2.45, 2.75) is 25.7 Å². The highest BCUT2D eigenvalue weighted by Crippen LogP contribution is 2.31. The largest absolute Gasteiger partial charge is 0.326 e. The number of nitrogens with zero attached hydrogens (tertiary/aromatic N) is 1. The van der Waals surface area contributed by atoms with Crippen molar-refractivity contribution in [3.63, 3.8) is 0 Å². The molecule has 3 rings (SSSR count). The number of carbonyl (C=O) groups excluding carboxylic acids is 2. The second kappa shape index (κ2) is 9.76. The molecule has 3 N–H and O–H groups in total. The molecule has 0 radical (unpaired) electrons. The number of hydroxylamine groups is 1. The van der Waals surface area contributed by atoms with E-state index in [1.807, 2.05) is 35.8 Å². The summed E-state index contributed by atoms with van der Waals surface area (Å²) in [5.74, 6) is -1.50. The Morgan fingerprint density at radius 3 is 2.31 bits per heavy atom. The van der Waals surface area contributed by atoms with Gasteiger partial charge in [0.25, 0.3) is 0 Å². The van der Waals surface area contributed by atoms with Gasteiger partial charge in [-0.25, -0.2) is 14.9 Å². The third-order valence-electron chi connectivity index (χ3n) is 4.99. The molecule has 0 unspecified atom stereocenters. The van der Waals surface area contributed by atoms with Gasteiger partial charge in [0, 0.05) is 17.5 Å². The number of nitrogens with one attached hydrogen (secondary N) is 2. The molecular formula is C21H21BrFN3O3. The third-order valence-corrected chi connectivity index (χ3v) is 5.60. The quantitative estimate of drug-likeness (QED) is 0.344. The fraction of sp³-hybridized carbons (Fsp3) is 0.286. The minimum Gasteiger partial charge on any atom is -0.326 e. The second-order valence-electron chi connectivity index (χ2n) is 6.94. The predicted octanol–water partition coefficient (Wildman–Crippen LogP) is 4.61. The van der Waals surface area contributed by atoms with Crippen molar-refractivity contribution in [2.75, 3.05) is 5.32 Å². The summed E-state index contributed by atoms with van der Waals surface area (Å²) in [6, 6.07) is 13.3. The first-order valence-corrected chi connectivity index (χ1v) is 10.1. The van der Waals surface area contributed by atoms with Crippen LogP contribution in [-0.2, 0) is 9.59 Å². The molecule has 6 nitrogen and oxygen atoms in total. The maximum atomic E-state index is 13.3. The van der Waals surface area contributed by atoms with Crippen LogP contribution >= 0.6 is 15.9 Å². The number of hydrogen-bond acceptors (Lipinski definition) is 4. The van der Waals surface area contributed by atoms with Crippen molar-refractivity contribution >= 4 is 44.8 Å². The molecule has 1 aliphatic carbocycles. The molecule has 0 aromatic heterocycles. The smallest absolute Gasteiger partial charge is 0.227 e. The molecule has 0 aliphatic heterocycles. The average Bonchev–Trinajstić information content (AvgIpc) is 2.75. The minimum atomic E-state index is -0.444. The van der Waals surface area contributed by atoms with E-state index in [-0.39, 0.29) is 33.8 Å². The van der Waals surface area contributed by atoms with Crippen LogP contribution in [0.3, 0.4) is 0 Å². The Morgan fingerprint density at radius 2 is 1.69 bits per heavy atom. The fourth-order valence-electron chi connectivity index (χ4n) is 3.40. The molecule has 152 valence electrons. The van der Waals surface area contributed by atoms with E-state index in [0.717, 1.165) is 5.69 Å². The summed E-state index contributed by atoms with van der Waals surface area (Å²) in [4.78, 5) is 29.2. The zero-order chi connectivity index (χ0) is 20.8. The molecule has 2 aromatic rings. The van der Waals surface area contributed by atoms with Gasteiger partial charge in [0.05, 0.1) is 10.2 Å². The van der Waals surface area contributed by atoms with Gasteiger partial charge in [-0.2, -0.15) is 0 Å². The Hall–Kier alpha value is -2.58. The van der Waals surface area contributed by atoms with Crippen molar-refractivity contribution in [3.05, 3.63) is 58.8 Å². The molecular weight excluding hydrogens is 441 g/mol. The zero-order valence-electron chi connectivity index (χ0n) is 15.6. The summed E-state index contributed by atoms with van der Waals surface area (Å²) in [5.41, 5.74) is 2.94. The molecule has 0 bridgehead atoms.